The summed E-state index contributed by atoms with van der Waals surface area (Å²) >= 11 is 1.78. The summed E-state index contributed by atoms with van der Waals surface area (Å²) in [6, 6.07) is 4.60. The van der Waals surface area contributed by atoms with Crippen LogP contribution in [-0.2, 0) is 9.84 Å². The van der Waals surface area contributed by atoms with Gasteiger partial charge in [-0.3, -0.25) is 9.89 Å². The molecule has 9 heteroatoms. The molecule has 27 heavy (non-hydrogen) atoms. The third kappa shape index (κ3) is 7.17. The lowest BCUT2D eigenvalue weighted by Crippen LogP contribution is -2.44. The maximum atomic E-state index is 11.9. The van der Waals surface area contributed by atoms with Crippen LogP contribution in [0, 0.1) is 0 Å². The van der Waals surface area contributed by atoms with E-state index in [9.17, 15) is 8.42 Å². The van der Waals surface area contributed by atoms with E-state index in [-0.39, 0.29) is 30.5 Å². The molecule has 2 rings (SSSR count). The maximum absolute atomic E-state index is 11.9. The van der Waals surface area contributed by atoms with E-state index in [1.54, 1.807) is 25.2 Å². The molecular weight excluding hydrogens is 495 g/mol. The molecule has 2 N–H and O–H groups in total. The molecule has 0 bridgehead atoms. The highest BCUT2D eigenvalue weighted by atomic mass is 127. The zero-order valence-corrected chi connectivity index (χ0v) is 20.7. The van der Waals surface area contributed by atoms with Gasteiger partial charge in [0.15, 0.2) is 15.8 Å². The predicted molar refractivity (Wildman–Crippen MR) is 126 cm³/mol. The van der Waals surface area contributed by atoms with Gasteiger partial charge in [0.05, 0.1) is 17.3 Å². The van der Waals surface area contributed by atoms with Crippen molar-refractivity contribution in [2.75, 3.05) is 39.0 Å². The van der Waals surface area contributed by atoms with Gasteiger partial charge in [-0.25, -0.2) is 8.42 Å². The summed E-state index contributed by atoms with van der Waals surface area (Å²) in [6.45, 7) is 9.41. The minimum absolute atomic E-state index is 0. The second-order valence-corrected chi connectivity index (χ2v) is 11.0. The van der Waals surface area contributed by atoms with E-state index in [4.69, 9.17) is 0 Å². The summed E-state index contributed by atoms with van der Waals surface area (Å²) in [4.78, 5) is 8.40. The average Bonchev–Trinajstić information content (AvgIpc) is 3.25. The van der Waals surface area contributed by atoms with Gasteiger partial charge in [-0.05, 0) is 58.1 Å². The van der Waals surface area contributed by atoms with Gasteiger partial charge < -0.3 is 10.6 Å². The lowest BCUT2D eigenvalue weighted by Gasteiger charge is -2.28. The third-order valence-electron chi connectivity index (χ3n) is 4.88. The number of rotatable bonds is 8. The van der Waals surface area contributed by atoms with Crippen LogP contribution in [0.3, 0.4) is 0 Å². The second-order valence-electron chi connectivity index (χ2n) is 7.38. The smallest absolute Gasteiger partial charge is 0.191 e. The van der Waals surface area contributed by atoms with Gasteiger partial charge in [0.2, 0.25) is 0 Å². The number of thiophene rings is 1. The number of halogens is 1. The minimum atomic E-state index is -3.16. The highest BCUT2D eigenvalue weighted by Crippen LogP contribution is 2.27. The molecular formula is C18H33IN4O2S2. The fourth-order valence-electron chi connectivity index (χ4n) is 2.87. The average molecular weight is 529 g/mol. The normalized spacial score (nSPS) is 17.4. The summed E-state index contributed by atoms with van der Waals surface area (Å²) in [5.74, 6) is 0.671. The molecule has 1 unspecified atom stereocenters. The Morgan fingerprint density at radius 2 is 2.00 bits per heavy atom. The zero-order valence-electron chi connectivity index (χ0n) is 16.7. The van der Waals surface area contributed by atoms with Crippen LogP contribution in [0.25, 0.3) is 0 Å². The van der Waals surface area contributed by atoms with Crippen molar-refractivity contribution in [3.8, 4) is 0 Å². The molecule has 2 heterocycles. The number of hydrogen-bond acceptors (Lipinski definition) is 5. The second kappa shape index (κ2) is 11.0. The summed E-state index contributed by atoms with van der Waals surface area (Å²) in [5, 5.41) is 8.76. The monoisotopic (exact) mass is 528 g/mol. The number of hydrogen-bond donors (Lipinski definition) is 2. The first-order chi connectivity index (χ1) is 12.2. The van der Waals surface area contributed by atoms with Crippen LogP contribution >= 0.6 is 35.3 Å². The van der Waals surface area contributed by atoms with Crippen molar-refractivity contribution in [1.82, 2.24) is 15.5 Å². The Labute approximate surface area is 185 Å². The first-order valence-corrected chi connectivity index (χ1v) is 12.0. The molecule has 1 aliphatic heterocycles. The summed E-state index contributed by atoms with van der Waals surface area (Å²) < 4.78 is 22.9. The molecule has 0 amide bonds. The summed E-state index contributed by atoms with van der Waals surface area (Å²) in [6.07, 6.45) is 3.76. The third-order valence-corrected chi connectivity index (χ3v) is 7.99. The van der Waals surface area contributed by atoms with Crippen LogP contribution in [0.4, 0.5) is 0 Å². The standard InChI is InChI=1S/C18H32N4O2S2.HI/c1-5-19-17(21-14-18(2,3)26(4,23)24)20-13-15(16-9-8-12-25-16)22-10-6-7-11-22;/h8-9,12,15H,5-7,10-11,13-14H2,1-4H3,(H2,19,20,21);1H. The Balaban J connectivity index is 0.00000364. The van der Waals surface area contributed by atoms with Crippen LogP contribution in [0.15, 0.2) is 22.5 Å². The number of guanidine groups is 1. The lowest BCUT2D eigenvalue weighted by molar-refractivity contribution is 0.249. The van der Waals surface area contributed by atoms with Crippen molar-refractivity contribution in [3.63, 3.8) is 0 Å². The quantitative estimate of drug-likeness (QED) is 0.309. The van der Waals surface area contributed by atoms with Gasteiger partial charge in [0.25, 0.3) is 0 Å². The molecule has 1 saturated heterocycles. The van der Waals surface area contributed by atoms with Crippen LogP contribution < -0.4 is 10.6 Å². The SMILES string of the molecule is CCNC(=NCC(C)(C)S(C)(=O)=O)NCC(c1cccs1)N1CCCC1.I. The van der Waals surface area contributed by atoms with Crippen molar-refractivity contribution >= 4 is 51.1 Å². The zero-order chi connectivity index (χ0) is 19.2. The summed E-state index contributed by atoms with van der Waals surface area (Å²) in [7, 11) is -3.16. The van der Waals surface area contributed by atoms with Crippen molar-refractivity contribution in [2.24, 2.45) is 4.99 Å². The van der Waals surface area contributed by atoms with Crippen molar-refractivity contribution < 1.29 is 8.42 Å². The van der Waals surface area contributed by atoms with Gasteiger partial charge in [-0.15, -0.1) is 35.3 Å². The van der Waals surface area contributed by atoms with Gasteiger partial charge >= 0.3 is 0 Å². The molecule has 0 saturated carbocycles. The number of aliphatic imine (C=N–C) groups is 1. The number of likely N-dealkylation sites (tertiary alicyclic amines) is 1. The maximum Gasteiger partial charge on any atom is 0.191 e. The molecule has 0 aromatic carbocycles. The van der Waals surface area contributed by atoms with E-state index in [0.717, 1.165) is 26.2 Å². The van der Waals surface area contributed by atoms with Crippen LogP contribution in [0.1, 0.15) is 44.5 Å². The molecule has 1 atom stereocenters. The molecule has 0 spiro atoms. The minimum Gasteiger partial charge on any atom is -0.357 e. The Morgan fingerprint density at radius 3 is 2.52 bits per heavy atom. The Hall–Kier alpha value is -0.390. The van der Waals surface area contributed by atoms with Crippen LogP contribution in [0.5, 0.6) is 0 Å². The fourth-order valence-corrected chi connectivity index (χ4v) is 4.03. The van der Waals surface area contributed by atoms with Crippen LogP contribution in [0.2, 0.25) is 0 Å². The topological polar surface area (TPSA) is 73.8 Å². The highest BCUT2D eigenvalue weighted by molar-refractivity contribution is 14.0. The Morgan fingerprint density at radius 1 is 1.33 bits per heavy atom. The van der Waals surface area contributed by atoms with E-state index in [2.05, 4.69) is 38.0 Å². The predicted octanol–water partition coefficient (Wildman–Crippen LogP) is 2.88. The van der Waals surface area contributed by atoms with Crippen molar-refractivity contribution in [2.45, 2.75) is 44.4 Å². The van der Waals surface area contributed by atoms with Crippen LogP contribution in [-0.4, -0.2) is 63.0 Å². The molecule has 156 valence electrons. The number of nitrogens with zero attached hydrogens (tertiary/aromatic N) is 2. The lowest BCUT2D eigenvalue weighted by atomic mass is 10.2. The Bertz CT molecular complexity index is 684. The molecule has 0 radical (unpaired) electrons. The molecule has 1 aromatic rings. The number of nitrogens with one attached hydrogen (secondary N) is 2. The van der Waals surface area contributed by atoms with E-state index < -0.39 is 14.6 Å². The van der Waals surface area contributed by atoms with Crippen molar-refractivity contribution in [3.05, 3.63) is 22.4 Å². The summed E-state index contributed by atoms with van der Waals surface area (Å²) in [5.41, 5.74) is 0. The molecule has 1 fully saturated rings. The van der Waals surface area contributed by atoms with Crippen molar-refractivity contribution in [1.29, 1.82) is 0 Å². The Kier molecular flexibility index (Phi) is 10.0. The molecule has 1 aliphatic rings. The van der Waals surface area contributed by atoms with Gasteiger partial charge in [0, 0.05) is 24.2 Å². The van der Waals surface area contributed by atoms with Gasteiger partial charge in [-0.1, -0.05) is 6.07 Å². The highest BCUT2D eigenvalue weighted by Gasteiger charge is 2.30. The largest absolute Gasteiger partial charge is 0.357 e. The fraction of sp³-hybridized carbons (Fsp3) is 0.722. The van der Waals surface area contributed by atoms with Gasteiger partial charge in [0.1, 0.15) is 0 Å². The first kappa shape index (κ1) is 24.6. The molecule has 6 nitrogen and oxygen atoms in total. The van der Waals surface area contributed by atoms with E-state index in [1.165, 1.54) is 24.0 Å². The first-order valence-electron chi connectivity index (χ1n) is 9.24. The van der Waals surface area contributed by atoms with E-state index in [1.807, 2.05) is 6.92 Å². The molecule has 1 aromatic heterocycles. The van der Waals surface area contributed by atoms with E-state index in [0.29, 0.717) is 12.0 Å². The molecule has 0 aliphatic carbocycles. The van der Waals surface area contributed by atoms with Gasteiger partial charge in [-0.2, -0.15) is 0 Å². The number of sulfone groups is 1. The van der Waals surface area contributed by atoms with E-state index >= 15 is 0 Å².